The molecule has 0 fully saturated rings. The third-order valence-electron chi connectivity index (χ3n) is 0.968. The molecule has 1 aromatic rings. The minimum Gasteiger partial charge on any atom is -0.371 e. The first kappa shape index (κ1) is 6.58. The highest BCUT2D eigenvalue weighted by Gasteiger charge is 2.01. The number of rotatable bonds is 2. The molecule has 0 aliphatic carbocycles. The van der Waals surface area contributed by atoms with E-state index in [2.05, 4.69) is 5.10 Å². The second-order valence-electron chi connectivity index (χ2n) is 1.62. The number of aromatic nitrogens is 2. The normalized spacial score (nSPS) is 13.6. The van der Waals surface area contributed by atoms with Gasteiger partial charge in [0.05, 0.1) is 5.88 Å². The molecule has 1 N–H and O–H groups in total. The summed E-state index contributed by atoms with van der Waals surface area (Å²) in [5.41, 5.74) is 0. The van der Waals surface area contributed by atoms with Gasteiger partial charge in [-0.15, -0.1) is 11.6 Å². The van der Waals surface area contributed by atoms with Crippen molar-refractivity contribution in [3.8, 4) is 0 Å². The van der Waals surface area contributed by atoms with Gasteiger partial charge in [0.25, 0.3) is 0 Å². The van der Waals surface area contributed by atoms with Crippen LogP contribution in [0.1, 0.15) is 6.23 Å². The number of nitrogens with zero attached hydrogens (tertiary/aromatic N) is 2. The monoisotopic (exact) mass is 146 g/mol. The van der Waals surface area contributed by atoms with Crippen molar-refractivity contribution in [3.05, 3.63) is 18.5 Å². The number of aliphatic hydroxyl groups excluding tert-OH is 1. The Hall–Kier alpha value is -0.540. The Labute approximate surface area is 57.9 Å². The molecule has 0 radical (unpaired) electrons. The van der Waals surface area contributed by atoms with E-state index in [0.29, 0.717) is 0 Å². The van der Waals surface area contributed by atoms with Gasteiger partial charge in [0.15, 0.2) is 6.23 Å². The van der Waals surface area contributed by atoms with Crippen molar-refractivity contribution < 1.29 is 5.11 Å². The fraction of sp³-hybridized carbons (Fsp3) is 0.400. The molecule has 0 saturated carbocycles. The van der Waals surface area contributed by atoms with Gasteiger partial charge in [-0.05, 0) is 6.07 Å². The molecule has 0 bridgehead atoms. The van der Waals surface area contributed by atoms with Crippen LogP contribution in [0.25, 0.3) is 0 Å². The van der Waals surface area contributed by atoms with Crippen LogP contribution < -0.4 is 0 Å². The van der Waals surface area contributed by atoms with E-state index in [-0.39, 0.29) is 5.88 Å². The molecule has 0 spiro atoms. The Morgan fingerprint density at radius 2 is 2.56 bits per heavy atom. The second-order valence-corrected chi connectivity index (χ2v) is 1.93. The Kier molecular flexibility index (Phi) is 2.08. The Morgan fingerprint density at radius 1 is 1.78 bits per heavy atom. The van der Waals surface area contributed by atoms with E-state index in [1.54, 1.807) is 18.5 Å². The van der Waals surface area contributed by atoms with Crippen molar-refractivity contribution >= 4 is 11.6 Å². The summed E-state index contributed by atoms with van der Waals surface area (Å²) in [5, 5.41) is 12.8. The zero-order chi connectivity index (χ0) is 6.69. The number of hydrogen-bond acceptors (Lipinski definition) is 2. The molecule has 0 amide bonds. The maximum Gasteiger partial charge on any atom is 0.160 e. The van der Waals surface area contributed by atoms with Gasteiger partial charge in [0.1, 0.15) is 0 Å². The van der Waals surface area contributed by atoms with E-state index in [9.17, 15) is 0 Å². The van der Waals surface area contributed by atoms with E-state index in [4.69, 9.17) is 16.7 Å². The Morgan fingerprint density at radius 3 is 3.00 bits per heavy atom. The summed E-state index contributed by atoms with van der Waals surface area (Å²) in [6.45, 7) is 0. The highest BCUT2D eigenvalue weighted by atomic mass is 35.5. The maximum atomic E-state index is 8.99. The Bertz CT molecular complexity index is 163. The molecule has 0 saturated heterocycles. The molecule has 4 heteroatoms. The number of alkyl halides is 1. The van der Waals surface area contributed by atoms with Crippen LogP contribution in [0.3, 0.4) is 0 Å². The molecule has 0 aliphatic rings. The van der Waals surface area contributed by atoms with Gasteiger partial charge in [-0.3, -0.25) is 0 Å². The molecule has 1 unspecified atom stereocenters. The summed E-state index contributed by atoms with van der Waals surface area (Å²) in [7, 11) is 0. The van der Waals surface area contributed by atoms with Crippen molar-refractivity contribution in [1.82, 2.24) is 9.78 Å². The summed E-state index contributed by atoms with van der Waals surface area (Å²) in [6, 6.07) is 1.73. The first-order chi connectivity index (χ1) is 4.34. The SMILES string of the molecule is OC(CCl)n1cccn1. The molecule has 1 rings (SSSR count). The van der Waals surface area contributed by atoms with E-state index in [1.165, 1.54) is 4.68 Å². The molecule has 1 aromatic heterocycles. The summed E-state index contributed by atoms with van der Waals surface area (Å²) in [5.74, 6) is 0.168. The van der Waals surface area contributed by atoms with Gasteiger partial charge >= 0.3 is 0 Å². The average molecular weight is 147 g/mol. The lowest BCUT2D eigenvalue weighted by molar-refractivity contribution is 0.114. The first-order valence-corrected chi connectivity index (χ1v) is 3.11. The fourth-order valence-corrected chi connectivity index (χ4v) is 0.669. The van der Waals surface area contributed by atoms with E-state index >= 15 is 0 Å². The van der Waals surface area contributed by atoms with Gasteiger partial charge in [0, 0.05) is 12.4 Å². The lowest BCUT2D eigenvalue weighted by Crippen LogP contribution is -2.09. The largest absolute Gasteiger partial charge is 0.371 e. The van der Waals surface area contributed by atoms with Gasteiger partial charge in [0.2, 0.25) is 0 Å². The smallest absolute Gasteiger partial charge is 0.160 e. The summed E-state index contributed by atoms with van der Waals surface area (Å²) < 4.78 is 1.40. The zero-order valence-corrected chi connectivity index (χ0v) is 5.49. The molecule has 0 aliphatic heterocycles. The highest BCUT2D eigenvalue weighted by Crippen LogP contribution is 2.00. The topological polar surface area (TPSA) is 38.0 Å². The van der Waals surface area contributed by atoms with Crippen LogP contribution in [0, 0.1) is 0 Å². The first-order valence-electron chi connectivity index (χ1n) is 2.57. The fourth-order valence-electron chi connectivity index (χ4n) is 0.528. The third kappa shape index (κ3) is 1.43. The van der Waals surface area contributed by atoms with E-state index < -0.39 is 6.23 Å². The van der Waals surface area contributed by atoms with Crippen molar-refractivity contribution in [3.63, 3.8) is 0 Å². The molecular weight excluding hydrogens is 140 g/mol. The average Bonchev–Trinajstić information content (AvgIpc) is 2.37. The number of halogens is 1. The van der Waals surface area contributed by atoms with Gasteiger partial charge < -0.3 is 5.11 Å². The molecule has 1 heterocycles. The third-order valence-corrected chi connectivity index (χ3v) is 1.24. The minimum atomic E-state index is -0.693. The Balaban J connectivity index is 2.65. The van der Waals surface area contributed by atoms with E-state index in [0.717, 1.165) is 0 Å². The molecule has 50 valence electrons. The number of aliphatic hydroxyl groups is 1. The van der Waals surface area contributed by atoms with Crippen LogP contribution in [0.15, 0.2) is 18.5 Å². The molecule has 1 atom stereocenters. The quantitative estimate of drug-likeness (QED) is 0.621. The summed E-state index contributed by atoms with van der Waals surface area (Å²) >= 11 is 5.33. The molecular formula is C5H7ClN2O. The molecule has 9 heavy (non-hydrogen) atoms. The van der Waals surface area contributed by atoms with Crippen molar-refractivity contribution in [2.75, 3.05) is 5.88 Å². The lowest BCUT2D eigenvalue weighted by atomic mass is 10.6. The number of hydrogen-bond donors (Lipinski definition) is 1. The van der Waals surface area contributed by atoms with Crippen LogP contribution in [-0.4, -0.2) is 20.8 Å². The van der Waals surface area contributed by atoms with Crippen LogP contribution in [0.2, 0.25) is 0 Å². The van der Waals surface area contributed by atoms with Gasteiger partial charge in [-0.2, -0.15) is 5.10 Å². The van der Waals surface area contributed by atoms with Gasteiger partial charge in [-0.1, -0.05) is 0 Å². The van der Waals surface area contributed by atoms with Gasteiger partial charge in [-0.25, -0.2) is 4.68 Å². The predicted molar refractivity (Wildman–Crippen MR) is 34.2 cm³/mol. The van der Waals surface area contributed by atoms with Crippen molar-refractivity contribution in [2.24, 2.45) is 0 Å². The molecule has 0 aromatic carbocycles. The van der Waals surface area contributed by atoms with Crippen molar-refractivity contribution in [2.45, 2.75) is 6.23 Å². The zero-order valence-electron chi connectivity index (χ0n) is 4.74. The van der Waals surface area contributed by atoms with Crippen LogP contribution >= 0.6 is 11.6 Å². The summed E-state index contributed by atoms with van der Waals surface area (Å²) in [6.07, 6.45) is 2.56. The van der Waals surface area contributed by atoms with Crippen LogP contribution in [-0.2, 0) is 0 Å². The molecule has 3 nitrogen and oxygen atoms in total. The highest BCUT2D eigenvalue weighted by molar-refractivity contribution is 6.18. The second kappa shape index (κ2) is 2.85. The summed E-state index contributed by atoms with van der Waals surface area (Å²) in [4.78, 5) is 0. The standard InChI is InChI=1S/C5H7ClN2O/c6-4-5(9)8-3-1-2-7-8/h1-3,5,9H,4H2. The predicted octanol–water partition coefficient (Wildman–Crippen LogP) is 0.613. The maximum absolute atomic E-state index is 8.99. The van der Waals surface area contributed by atoms with E-state index in [1.807, 2.05) is 0 Å². The minimum absolute atomic E-state index is 0.168. The van der Waals surface area contributed by atoms with Crippen LogP contribution in [0.4, 0.5) is 0 Å². The lowest BCUT2D eigenvalue weighted by Gasteiger charge is -2.04. The van der Waals surface area contributed by atoms with Crippen LogP contribution in [0.5, 0.6) is 0 Å². The van der Waals surface area contributed by atoms with Crippen molar-refractivity contribution in [1.29, 1.82) is 0 Å².